The Kier molecular flexibility index (Phi) is 7.49. The van der Waals surface area contributed by atoms with Gasteiger partial charge in [0.2, 0.25) is 0 Å². The predicted octanol–water partition coefficient (Wildman–Crippen LogP) is 4.56. The fraction of sp³-hybridized carbons (Fsp3) is 0.280. The Morgan fingerprint density at radius 1 is 1.16 bits per heavy atom. The number of nitrogens with zero attached hydrogens (tertiary/aromatic N) is 3. The van der Waals surface area contributed by atoms with Gasteiger partial charge in [0.25, 0.3) is 0 Å². The van der Waals surface area contributed by atoms with Gasteiger partial charge in [0.05, 0.1) is 12.8 Å². The largest absolute Gasteiger partial charge is 0.464 e. The van der Waals surface area contributed by atoms with Gasteiger partial charge in [-0.25, -0.2) is 4.79 Å². The van der Waals surface area contributed by atoms with Crippen LogP contribution in [-0.2, 0) is 9.53 Å². The Morgan fingerprint density at radius 2 is 1.84 bits per heavy atom. The summed E-state index contributed by atoms with van der Waals surface area (Å²) in [7, 11) is 5.02. The zero-order valence-corrected chi connectivity index (χ0v) is 18.5. The second kappa shape index (κ2) is 10.5. The van der Waals surface area contributed by atoms with Crippen LogP contribution in [0.3, 0.4) is 0 Å². The smallest absolute Gasteiger partial charge is 0.359 e. The quantitative estimate of drug-likeness (QED) is 0.295. The van der Waals surface area contributed by atoms with Gasteiger partial charge in [-0.1, -0.05) is 36.9 Å². The van der Waals surface area contributed by atoms with Crippen LogP contribution in [-0.4, -0.2) is 46.0 Å². The summed E-state index contributed by atoms with van der Waals surface area (Å²) in [5.41, 5.74) is 4.69. The number of hydrazone groups is 1. The van der Waals surface area contributed by atoms with Crippen LogP contribution in [0.25, 0.3) is 6.08 Å². The predicted molar refractivity (Wildman–Crippen MR) is 130 cm³/mol. The molecule has 6 nitrogen and oxygen atoms in total. The van der Waals surface area contributed by atoms with E-state index in [1.54, 1.807) is 18.1 Å². The van der Waals surface area contributed by atoms with Gasteiger partial charge in [0, 0.05) is 44.1 Å². The standard InChI is InChI=1S/C25H30N4O2/c1-19(11-12-20-9-5-6-10-23(20)26-2)24(25(30)31-4)27-28(3)21-13-15-22(16-14-21)29-17-7-8-18-29/h5-6,9-16,26H,1,7-8,17-18H2,2-4H3/b12-11-,27-24-. The summed E-state index contributed by atoms with van der Waals surface area (Å²) in [4.78, 5) is 14.8. The molecule has 1 heterocycles. The average molecular weight is 419 g/mol. The second-order valence-corrected chi connectivity index (χ2v) is 7.37. The van der Waals surface area contributed by atoms with Crippen LogP contribution in [0.1, 0.15) is 18.4 Å². The molecule has 31 heavy (non-hydrogen) atoms. The van der Waals surface area contributed by atoms with E-state index in [9.17, 15) is 4.79 Å². The lowest BCUT2D eigenvalue weighted by molar-refractivity contribution is -0.132. The molecule has 1 aliphatic heterocycles. The number of carbonyl (C=O) groups excluding carboxylic acids is 1. The van der Waals surface area contributed by atoms with Crippen molar-refractivity contribution in [1.29, 1.82) is 0 Å². The van der Waals surface area contributed by atoms with Crippen LogP contribution in [0.4, 0.5) is 17.1 Å². The molecule has 1 saturated heterocycles. The van der Waals surface area contributed by atoms with Crippen molar-refractivity contribution in [3.05, 3.63) is 72.3 Å². The maximum Gasteiger partial charge on any atom is 0.359 e. The molecule has 0 unspecified atom stereocenters. The Balaban J connectivity index is 1.79. The SMILES string of the molecule is C=C(/C=C\c1ccccc1NC)/C(=N/N(C)c1ccc(N2CCCC2)cc1)C(=O)OC. The van der Waals surface area contributed by atoms with Crippen molar-refractivity contribution in [2.24, 2.45) is 5.10 Å². The molecule has 1 N–H and O–H groups in total. The molecule has 6 heteroatoms. The van der Waals surface area contributed by atoms with E-state index in [2.05, 4.69) is 34.0 Å². The molecule has 0 aromatic heterocycles. The lowest BCUT2D eigenvalue weighted by atomic mass is 10.1. The highest BCUT2D eigenvalue weighted by molar-refractivity contribution is 6.44. The number of methoxy groups -OCH3 is 1. The van der Waals surface area contributed by atoms with Crippen LogP contribution < -0.4 is 15.2 Å². The maximum absolute atomic E-state index is 12.4. The molecule has 0 atom stereocenters. The summed E-state index contributed by atoms with van der Waals surface area (Å²) in [6, 6.07) is 16.1. The van der Waals surface area contributed by atoms with Crippen molar-refractivity contribution < 1.29 is 9.53 Å². The third kappa shape index (κ3) is 5.54. The number of nitrogens with one attached hydrogen (secondary N) is 1. The van der Waals surface area contributed by atoms with E-state index in [0.29, 0.717) is 5.57 Å². The van der Waals surface area contributed by atoms with Crippen molar-refractivity contribution in [1.82, 2.24) is 0 Å². The van der Waals surface area contributed by atoms with Crippen molar-refractivity contribution in [3.8, 4) is 0 Å². The number of allylic oxidation sites excluding steroid dienone is 1. The first-order chi connectivity index (χ1) is 15.0. The summed E-state index contributed by atoms with van der Waals surface area (Å²) in [5.74, 6) is -0.530. The number of carbonyl (C=O) groups is 1. The summed E-state index contributed by atoms with van der Waals surface area (Å²) in [6.07, 6.45) is 6.15. The summed E-state index contributed by atoms with van der Waals surface area (Å²) in [5, 5.41) is 9.31. The number of hydrogen-bond acceptors (Lipinski definition) is 6. The Labute approximate surface area is 184 Å². The fourth-order valence-electron chi connectivity index (χ4n) is 3.53. The minimum Gasteiger partial charge on any atom is -0.464 e. The van der Waals surface area contributed by atoms with Gasteiger partial charge in [-0.3, -0.25) is 5.01 Å². The van der Waals surface area contributed by atoms with Gasteiger partial charge in [-0.15, -0.1) is 0 Å². The van der Waals surface area contributed by atoms with E-state index in [0.717, 1.165) is 30.0 Å². The Bertz CT molecular complexity index is 973. The van der Waals surface area contributed by atoms with E-state index in [4.69, 9.17) is 4.74 Å². The number of ether oxygens (including phenoxy) is 1. The molecule has 2 aromatic carbocycles. The molecule has 0 radical (unpaired) electrons. The van der Waals surface area contributed by atoms with E-state index in [1.807, 2.05) is 49.5 Å². The number of hydrogen-bond donors (Lipinski definition) is 1. The van der Waals surface area contributed by atoms with Gasteiger partial charge in [-0.05, 0) is 48.7 Å². The molecule has 0 amide bonds. The van der Waals surface area contributed by atoms with E-state index >= 15 is 0 Å². The van der Waals surface area contributed by atoms with Crippen molar-refractivity contribution >= 4 is 34.8 Å². The first kappa shape index (κ1) is 22.2. The van der Waals surface area contributed by atoms with Gasteiger partial charge in [0.1, 0.15) is 0 Å². The topological polar surface area (TPSA) is 57.2 Å². The fourth-order valence-corrected chi connectivity index (χ4v) is 3.53. The minimum atomic E-state index is -0.530. The van der Waals surface area contributed by atoms with Crippen LogP contribution in [0.5, 0.6) is 0 Å². The van der Waals surface area contributed by atoms with Gasteiger partial charge >= 0.3 is 5.97 Å². The van der Waals surface area contributed by atoms with Gasteiger partial charge in [-0.2, -0.15) is 5.10 Å². The minimum absolute atomic E-state index is 0.159. The molecule has 0 saturated carbocycles. The third-order valence-corrected chi connectivity index (χ3v) is 5.32. The Hall–Kier alpha value is -3.54. The summed E-state index contributed by atoms with van der Waals surface area (Å²) < 4.78 is 4.94. The highest BCUT2D eigenvalue weighted by Gasteiger charge is 2.17. The van der Waals surface area contributed by atoms with E-state index in [-0.39, 0.29) is 5.71 Å². The van der Waals surface area contributed by atoms with E-state index < -0.39 is 5.97 Å². The maximum atomic E-state index is 12.4. The number of esters is 1. The monoisotopic (exact) mass is 418 g/mol. The number of para-hydroxylation sites is 1. The molecule has 1 fully saturated rings. The molecule has 0 spiro atoms. The molecule has 1 aliphatic rings. The first-order valence-electron chi connectivity index (χ1n) is 10.4. The molecular formula is C25H30N4O2. The summed E-state index contributed by atoms with van der Waals surface area (Å²) in [6.45, 7) is 6.24. The zero-order valence-electron chi connectivity index (χ0n) is 18.5. The second-order valence-electron chi connectivity index (χ2n) is 7.37. The van der Waals surface area contributed by atoms with Crippen LogP contribution in [0.2, 0.25) is 0 Å². The van der Waals surface area contributed by atoms with Gasteiger partial charge in [0.15, 0.2) is 5.71 Å². The van der Waals surface area contributed by atoms with Crippen molar-refractivity contribution in [2.75, 3.05) is 49.5 Å². The number of benzene rings is 2. The lowest BCUT2D eigenvalue weighted by Crippen LogP contribution is -2.22. The van der Waals surface area contributed by atoms with E-state index in [1.165, 1.54) is 25.6 Å². The number of anilines is 3. The van der Waals surface area contributed by atoms with Crippen LogP contribution in [0.15, 0.2) is 71.9 Å². The molecule has 2 aromatic rings. The molecule has 162 valence electrons. The molecule has 0 aliphatic carbocycles. The Morgan fingerprint density at radius 3 is 2.48 bits per heavy atom. The molecular weight excluding hydrogens is 388 g/mol. The van der Waals surface area contributed by atoms with Crippen LogP contribution >= 0.6 is 0 Å². The normalized spacial score (nSPS) is 14.0. The van der Waals surface area contributed by atoms with Crippen molar-refractivity contribution in [2.45, 2.75) is 12.8 Å². The molecule has 3 rings (SSSR count). The molecule has 0 bridgehead atoms. The highest BCUT2D eigenvalue weighted by Crippen LogP contribution is 2.24. The van der Waals surface area contributed by atoms with Crippen LogP contribution in [0, 0.1) is 0 Å². The average Bonchev–Trinajstić information content (AvgIpc) is 3.35. The number of rotatable bonds is 8. The van der Waals surface area contributed by atoms with Crippen molar-refractivity contribution in [3.63, 3.8) is 0 Å². The lowest BCUT2D eigenvalue weighted by Gasteiger charge is -2.20. The highest BCUT2D eigenvalue weighted by atomic mass is 16.5. The summed E-state index contributed by atoms with van der Waals surface area (Å²) >= 11 is 0. The third-order valence-electron chi connectivity index (χ3n) is 5.32. The first-order valence-corrected chi connectivity index (χ1v) is 10.4. The van der Waals surface area contributed by atoms with Gasteiger partial charge < -0.3 is 15.0 Å². The zero-order chi connectivity index (χ0) is 22.2.